The van der Waals surface area contributed by atoms with Gasteiger partial charge in [0.25, 0.3) is 0 Å². The first-order chi connectivity index (χ1) is 9.15. The molecule has 0 bridgehead atoms. The van der Waals surface area contributed by atoms with Crippen molar-refractivity contribution >= 4 is 5.97 Å². The summed E-state index contributed by atoms with van der Waals surface area (Å²) in [6.45, 7) is 3.21. The monoisotopic (exact) mass is 267 g/mol. The number of nitrogens with zero attached hydrogens (tertiary/aromatic N) is 3. The van der Waals surface area contributed by atoms with Crippen molar-refractivity contribution in [3.05, 3.63) is 18.2 Å². The van der Waals surface area contributed by atoms with Crippen LogP contribution in [-0.4, -0.2) is 51.3 Å². The topological polar surface area (TPSA) is 67.6 Å². The van der Waals surface area contributed by atoms with Gasteiger partial charge in [0.05, 0.1) is 31.2 Å². The largest absolute Gasteiger partial charge is 0.481 e. The molecule has 6 heteroatoms. The number of carbonyl (C=O) groups is 1. The Balaban J connectivity index is 1.68. The Morgan fingerprint density at radius 3 is 2.84 bits per heavy atom. The second kappa shape index (κ2) is 6.68. The minimum absolute atomic E-state index is 0.0925. The number of aryl methyl sites for hydroxylation is 1. The Morgan fingerprint density at radius 2 is 2.26 bits per heavy atom. The van der Waals surface area contributed by atoms with E-state index in [0.717, 1.165) is 32.5 Å². The van der Waals surface area contributed by atoms with Crippen LogP contribution in [0, 0.1) is 0 Å². The van der Waals surface area contributed by atoms with Crippen molar-refractivity contribution < 1.29 is 14.6 Å². The molecule has 0 unspecified atom stereocenters. The highest BCUT2D eigenvalue weighted by Crippen LogP contribution is 2.16. The number of carboxylic acid groups (broad SMARTS) is 1. The molecule has 0 aliphatic carbocycles. The van der Waals surface area contributed by atoms with Gasteiger partial charge in [-0.1, -0.05) is 0 Å². The Labute approximate surface area is 113 Å². The molecule has 1 N–H and O–H groups in total. The first-order valence-electron chi connectivity index (χ1n) is 6.66. The minimum Gasteiger partial charge on any atom is -0.481 e. The first-order valence-corrected chi connectivity index (χ1v) is 6.66. The highest BCUT2D eigenvalue weighted by atomic mass is 16.5. The van der Waals surface area contributed by atoms with E-state index in [1.54, 1.807) is 0 Å². The van der Waals surface area contributed by atoms with Crippen LogP contribution in [0.2, 0.25) is 0 Å². The van der Waals surface area contributed by atoms with Gasteiger partial charge in [-0.15, -0.1) is 0 Å². The number of piperidine rings is 1. The Hall–Kier alpha value is -1.40. The van der Waals surface area contributed by atoms with Gasteiger partial charge in [-0.3, -0.25) is 9.69 Å². The smallest absolute Gasteiger partial charge is 0.305 e. The lowest BCUT2D eigenvalue weighted by atomic mass is 10.1. The van der Waals surface area contributed by atoms with Crippen LogP contribution in [0.25, 0.3) is 0 Å². The molecule has 2 heterocycles. The van der Waals surface area contributed by atoms with Crippen LogP contribution < -0.4 is 0 Å². The standard InChI is InChI=1S/C13H21N3O3/c1-15-10-14-8-11(15)9-16-5-2-12(3-6-16)19-7-4-13(17)18/h8,10,12H,2-7,9H2,1H3,(H,17,18). The average molecular weight is 267 g/mol. The fourth-order valence-corrected chi connectivity index (χ4v) is 2.31. The van der Waals surface area contributed by atoms with E-state index in [1.807, 2.05) is 24.1 Å². The van der Waals surface area contributed by atoms with Gasteiger partial charge in [-0.05, 0) is 12.8 Å². The zero-order valence-electron chi connectivity index (χ0n) is 11.3. The van der Waals surface area contributed by atoms with Crippen LogP contribution in [0.15, 0.2) is 12.5 Å². The molecular formula is C13H21N3O3. The SMILES string of the molecule is Cn1cncc1CN1CCC(OCCC(=O)O)CC1. The van der Waals surface area contributed by atoms with Gasteiger partial charge in [0.2, 0.25) is 0 Å². The van der Waals surface area contributed by atoms with E-state index < -0.39 is 5.97 Å². The van der Waals surface area contributed by atoms with E-state index in [-0.39, 0.29) is 12.5 Å². The van der Waals surface area contributed by atoms with E-state index in [1.165, 1.54) is 5.69 Å². The summed E-state index contributed by atoms with van der Waals surface area (Å²) in [4.78, 5) is 16.9. The Morgan fingerprint density at radius 1 is 1.53 bits per heavy atom. The van der Waals surface area contributed by atoms with Crippen LogP contribution in [0.5, 0.6) is 0 Å². The summed E-state index contributed by atoms with van der Waals surface area (Å²) in [5, 5.41) is 8.56. The number of rotatable bonds is 6. The van der Waals surface area contributed by atoms with Crippen molar-refractivity contribution in [2.24, 2.45) is 7.05 Å². The predicted molar refractivity (Wildman–Crippen MR) is 69.7 cm³/mol. The number of carboxylic acids is 1. The maximum absolute atomic E-state index is 10.4. The fourth-order valence-electron chi connectivity index (χ4n) is 2.31. The summed E-state index contributed by atoms with van der Waals surface area (Å²) >= 11 is 0. The van der Waals surface area contributed by atoms with Gasteiger partial charge >= 0.3 is 5.97 Å². The van der Waals surface area contributed by atoms with Crippen molar-refractivity contribution in [3.8, 4) is 0 Å². The quantitative estimate of drug-likeness (QED) is 0.828. The predicted octanol–water partition coefficient (Wildman–Crippen LogP) is 0.876. The zero-order valence-corrected chi connectivity index (χ0v) is 11.3. The summed E-state index contributed by atoms with van der Waals surface area (Å²) in [5.74, 6) is -0.798. The van der Waals surface area contributed by atoms with Crippen molar-refractivity contribution in [1.82, 2.24) is 14.5 Å². The molecule has 0 spiro atoms. The Kier molecular flexibility index (Phi) is 4.93. The maximum atomic E-state index is 10.4. The zero-order chi connectivity index (χ0) is 13.7. The summed E-state index contributed by atoms with van der Waals surface area (Å²) in [6, 6.07) is 0. The lowest BCUT2D eigenvalue weighted by Crippen LogP contribution is -2.37. The van der Waals surface area contributed by atoms with Crippen LogP contribution in [0.1, 0.15) is 25.0 Å². The van der Waals surface area contributed by atoms with Gasteiger partial charge in [-0.2, -0.15) is 0 Å². The van der Waals surface area contributed by atoms with Gasteiger partial charge in [0.15, 0.2) is 0 Å². The van der Waals surface area contributed by atoms with E-state index in [0.29, 0.717) is 6.61 Å². The van der Waals surface area contributed by atoms with E-state index in [4.69, 9.17) is 9.84 Å². The van der Waals surface area contributed by atoms with E-state index >= 15 is 0 Å². The minimum atomic E-state index is -0.798. The summed E-state index contributed by atoms with van der Waals surface area (Å²) in [6.07, 6.45) is 5.96. The molecule has 2 rings (SSSR count). The van der Waals surface area contributed by atoms with Gasteiger partial charge in [0.1, 0.15) is 0 Å². The summed E-state index contributed by atoms with van der Waals surface area (Å²) < 4.78 is 7.61. The van der Waals surface area contributed by atoms with Crippen molar-refractivity contribution in [3.63, 3.8) is 0 Å². The van der Waals surface area contributed by atoms with Crippen molar-refractivity contribution in [1.29, 1.82) is 0 Å². The maximum Gasteiger partial charge on any atom is 0.305 e. The number of hydrogen-bond acceptors (Lipinski definition) is 4. The van der Waals surface area contributed by atoms with Gasteiger partial charge < -0.3 is 14.4 Å². The summed E-state index contributed by atoms with van der Waals surface area (Å²) in [5.41, 5.74) is 1.21. The molecule has 1 aromatic rings. The van der Waals surface area contributed by atoms with Gasteiger partial charge in [0, 0.05) is 32.9 Å². The summed E-state index contributed by atoms with van der Waals surface area (Å²) in [7, 11) is 2.00. The average Bonchev–Trinajstić information content (AvgIpc) is 2.77. The molecule has 1 saturated heterocycles. The molecule has 0 atom stereocenters. The third-order valence-corrected chi connectivity index (χ3v) is 3.51. The normalized spacial score (nSPS) is 17.7. The Bertz CT molecular complexity index is 411. The lowest BCUT2D eigenvalue weighted by molar-refractivity contribution is -0.138. The van der Waals surface area contributed by atoms with Crippen LogP contribution >= 0.6 is 0 Å². The number of imidazole rings is 1. The molecule has 0 radical (unpaired) electrons. The molecule has 1 aliphatic rings. The number of ether oxygens (including phenoxy) is 1. The van der Waals surface area contributed by atoms with Crippen molar-refractivity contribution in [2.45, 2.75) is 31.9 Å². The molecule has 1 aliphatic heterocycles. The van der Waals surface area contributed by atoms with E-state index in [2.05, 4.69) is 9.88 Å². The highest BCUT2D eigenvalue weighted by Gasteiger charge is 2.20. The van der Waals surface area contributed by atoms with Crippen LogP contribution in [0.4, 0.5) is 0 Å². The number of aromatic nitrogens is 2. The molecular weight excluding hydrogens is 246 g/mol. The highest BCUT2D eigenvalue weighted by molar-refractivity contribution is 5.66. The molecule has 1 fully saturated rings. The number of aliphatic carboxylic acids is 1. The molecule has 106 valence electrons. The first kappa shape index (κ1) is 14.0. The third kappa shape index (κ3) is 4.33. The van der Waals surface area contributed by atoms with Gasteiger partial charge in [-0.25, -0.2) is 4.98 Å². The van der Waals surface area contributed by atoms with E-state index in [9.17, 15) is 4.79 Å². The molecule has 0 amide bonds. The molecule has 0 aromatic carbocycles. The lowest BCUT2D eigenvalue weighted by Gasteiger charge is -2.31. The van der Waals surface area contributed by atoms with Crippen LogP contribution in [-0.2, 0) is 23.1 Å². The molecule has 1 aromatic heterocycles. The molecule has 6 nitrogen and oxygen atoms in total. The second-order valence-electron chi connectivity index (χ2n) is 4.99. The van der Waals surface area contributed by atoms with Crippen LogP contribution in [0.3, 0.4) is 0 Å². The molecule has 0 saturated carbocycles. The second-order valence-corrected chi connectivity index (χ2v) is 4.99. The van der Waals surface area contributed by atoms with Crippen molar-refractivity contribution in [2.75, 3.05) is 19.7 Å². The molecule has 19 heavy (non-hydrogen) atoms. The number of likely N-dealkylation sites (tertiary alicyclic amines) is 1. The fraction of sp³-hybridized carbons (Fsp3) is 0.692. The third-order valence-electron chi connectivity index (χ3n) is 3.51. The number of hydrogen-bond donors (Lipinski definition) is 1.